The second kappa shape index (κ2) is 10.9. The fraction of sp³-hybridized carbons (Fsp3) is 0.333. The summed E-state index contributed by atoms with van der Waals surface area (Å²) in [5.41, 5.74) is 12.7. The van der Waals surface area contributed by atoms with Crippen LogP contribution in [0.1, 0.15) is 22.3 Å². The van der Waals surface area contributed by atoms with Crippen molar-refractivity contribution in [3.05, 3.63) is 88.6 Å². The molecule has 0 bridgehead atoms. The molecule has 2 fully saturated rings. The third kappa shape index (κ3) is 4.92. The lowest BCUT2D eigenvalue weighted by Gasteiger charge is -2.37. The molecular formula is C27H28F3N7O3. The third-order valence-electron chi connectivity index (χ3n) is 7.30. The maximum Gasteiger partial charge on any atom is 0.257 e. The zero-order chi connectivity index (χ0) is 27.8. The van der Waals surface area contributed by atoms with E-state index in [1.54, 1.807) is 12.4 Å². The molecule has 210 valence electrons. The first-order chi connectivity index (χ1) is 19.4. The van der Waals surface area contributed by atoms with Crippen molar-refractivity contribution in [1.82, 2.24) is 31.6 Å². The maximum absolute atomic E-state index is 14.0. The number of alkyl halides is 1. The van der Waals surface area contributed by atoms with E-state index in [2.05, 4.69) is 26.6 Å². The number of carbonyl (C=O) groups excluding carboxylic acids is 1. The Hall–Kier alpha value is -3.91. The molecule has 40 heavy (non-hydrogen) atoms. The van der Waals surface area contributed by atoms with Gasteiger partial charge in [0.05, 0.1) is 24.0 Å². The molecule has 0 spiro atoms. The van der Waals surface area contributed by atoms with E-state index in [0.29, 0.717) is 31.1 Å². The molecule has 0 saturated carbocycles. The van der Waals surface area contributed by atoms with Crippen LogP contribution in [0.4, 0.5) is 19.0 Å². The van der Waals surface area contributed by atoms with Crippen LogP contribution < -0.4 is 26.5 Å². The molecule has 1 aromatic heterocycles. The molecule has 2 aromatic rings. The molecule has 6 rings (SSSR count). The van der Waals surface area contributed by atoms with Gasteiger partial charge in [-0.15, -0.1) is 0 Å². The quantitative estimate of drug-likeness (QED) is 0.347. The highest BCUT2D eigenvalue weighted by Crippen LogP contribution is 2.38. The number of ether oxygens (including phenoxy) is 1. The number of amides is 1. The summed E-state index contributed by atoms with van der Waals surface area (Å²) in [6.45, 7) is 0.637. The topological polar surface area (TPSA) is 114 Å². The summed E-state index contributed by atoms with van der Waals surface area (Å²) in [5.74, 6) is -1.66. The molecule has 10 nitrogen and oxygen atoms in total. The summed E-state index contributed by atoms with van der Waals surface area (Å²) >= 11 is 0. The molecule has 13 heteroatoms. The molecule has 0 radical (unpaired) electrons. The Bertz CT molecular complexity index is 1380. The molecule has 1 aromatic carbocycles. The number of allylic oxidation sites excluding steroid dienone is 2. The third-order valence-corrected chi connectivity index (χ3v) is 7.30. The molecule has 1 unspecified atom stereocenters. The minimum atomic E-state index is -0.972. The SMILES string of the molecule is O=C(N[C@H]1CCN(c2ccc(C3=CC(OCCF)=CN4NC5NNCC5=C34)cn2)C[C@H]1O)c1c(F)cccc1F. The van der Waals surface area contributed by atoms with Crippen LogP contribution in [0.15, 0.2) is 65.8 Å². The Balaban J connectivity index is 1.16. The van der Waals surface area contributed by atoms with Gasteiger partial charge in [0.25, 0.3) is 5.91 Å². The van der Waals surface area contributed by atoms with Gasteiger partial charge in [-0.2, -0.15) is 0 Å². The van der Waals surface area contributed by atoms with Gasteiger partial charge in [0, 0.05) is 42.5 Å². The summed E-state index contributed by atoms with van der Waals surface area (Å²) in [5, 5.41) is 15.2. The van der Waals surface area contributed by atoms with Gasteiger partial charge in [0.15, 0.2) is 0 Å². The van der Waals surface area contributed by atoms with Gasteiger partial charge in [0.1, 0.15) is 48.2 Å². The molecule has 3 atom stereocenters. The van der Waals surface area contributed by atoms with E-state index < -0.39 is 41.9 Å². The second-order valence-corrected chi connectivity index (χ2v) is 9.81. The first-order valence-corrected chi connectivity index (χ1v) is 13.0. The zero-order valence-corrected chi connectivity index (χ0v) is 21.3. The van der Waals surface area contributed by atoms with E-state index in [0.717, 1.165) is 34.5 Å². The molecule has 5 N–H and O–H groups in total. The number of β-amino-alcohol motifs (C(OH)–C–C–N with tert-alkyl or cyclic N) is 1. The van der Waals surface area contributed by atoms with Gasteiger partial charge in [-0.05, 0) is 36.8 Å². The number of hydrogen-bond donors (Lipinski definition) is 5. The van der Waals surface area contributed by atoms with E-state index in [4.69, 9.17) is 4.74 Å². The molecule has 0 aliphatic carbocycles. The lowest BCUT2D eigenvalue weighted by molar-refractivity contribution is 0.0790. The number of piperidine rings is 1. The van der Waals surface area contributed by atoms with Gasteiger partial charge in [-0.3, -0.25) is 15.2 Å². The van der Waals surface area contributed by atoms with Crippen molar-refractivity contribution < 1.29 is 27.8 Å². The van der Waals surface area contributed by atoms with Gasteiger partial charge in [-0.25, -0.2) is 29.0 Å². The highest BCUT2D eigenvalue weighted by atomic mass is 19.1. The summed E-state index contributed by atoms with van der Waals surface area (Å²) in [4.78, 5) is 19.0. The van der Waals surface area contributed by atoms with Crippen LogP contribution in [0.3, 0.4) is 0 Å². The number of benzene rings is 1. The minimum absolute atomic E-state index is 0.0518. The van der Waals surface area contributed by atoms with Crippen molar-refractivity contribution >= 4 is 17.3 Å². The highest BCUT2D eigenvalue weighted by molar-refractivity contribution is 5.95. The Morgan fingerprint density at radius 1 is 1.23 bits per heavy atom. The van der Waals surface area contributed by atoms with Crippen molar-refractivity contribution in [2.45, 2.75) is 24.7 Å². The van der Waals surface area contributed by atoms with Crippen molar-refractivity contribution in [3.8, 4) is 0 Å². The number of aliphatic hydroxyl groups excluding tert-OH is 1. The number of hydrogen-bond acceptors (Lipinski definition) is 9. The van der Waals surface area contributed by atoms with Gasteiger partial charge >= 0.3 is 0 Å². The van der Waals surface area contributed by atoms with E-state index in [1.807, 2.05) is 28.1 Å². The Labute approximate surface area is 228 Å². The fourth-order valence-corrected chi connectivity index (χ4v) is 5.36. The van der Waals surface area contributed by atoms with Crippen LogP contribution in [0, 0.1) is 11.6 Å². The van der Waals surface area contributed by atoms with Crippen molar-refractivity contribution in [2.75, 3.05) is 37.8 Å². The number of rotatable bonds is 7. The number of pyridine rings is 1. The average molecular weight is 556 g/mol. The predicted octanol–water partition coefficient (Wildman–Crippen LogP) is 1.46. The largest absolute Gasteiger partial charge is 0.489 e. The zero-order valence-electron chi connectivity index (χ0n) is 21.3. The van der Waals surface area contributed by atoms with Gasteiger partial charge < -0.3 is 20.1 Å². The highest BCUT2D eigenvalue weighted by Gasteiger charge is 2.38. The number of anilines is 1. The number of aromatic nitrogens is 1. The normalized spacial score (nSPS) is 23.9. The number of nitrogens with one attached hydrogen (secondary N) is 4. The predicted molar refractivity (Wildman–Crippen MR) is 140 cm³/mol. The van der Waals surface area contributed by atoms with E-state index in [1.165, 1.54) is 6.07 Å². The molecular weight excluding hydrogens is 527 g/mol. The summed E-state index contributed by atoms with van der Waals surface area (Å²) in [7, 11) is 0. The van der Waals surface area contributed by atoms with Crippen LogP contribution in [0.5, 0.6) is 0 Å². The van der Waals surface area contributed by atoms with Crippen molar-refractivity contribution in [2.24, 2.45) is 0 Å². The molecule has 5 heterocycles. The van der Waals surface area contributed by atoms with Crippen molar-refractivity contribution in [1.29, 1.82) is 0 Å². The number of aliphatic hydroxyl groups is 1. The fourth-order valence-electron chi connectivity index (χ4n) is 5.36. The van der Waals surface area contributed by atoms with Gasteiger partial charge in [-0.1, -0.05) is 6.07 Å². The van der Waals surface area contributed by atoms with Gasteiger partial charge in [0.2, 0.25) is 0 Å². The maximum atomic E-state index is 14.0. The number of nitrogens with zero attached hydrogens (tertiary/aromatic N) is 3. The molecule has 4 aliphatic heterocycles. The van der Waals surface area contributed by atoms with E-state index in [-0.39, 0.29) is 19.3 Å². The Morgan fingerprint density at radius 3 is 2.77 bits per heavy atom. The number of fused-ring (bicyclic) bond motifs is 2. The Kier molecular flexibility index (Phi) is 7.19. The lowest BCUT2D eigenvalue weighted by Crippen LogP contribution is -2.54. The lowest BCUT2D eigenvalue weighted by atomic mass is 9.97. The summed E-state index contributed by atoms with van der Waals surface area (Å²) in [6.07, 6.45) is 4.68. The number of hydrazine groups is 2. The standard InChI is InChI=1S/C27H28F3N7O3/c28-7-9-40-16-10-17(25-18-12-32-34-26(18)35-37(25)13-16)15-4-5-23(31-11-15)36-8-6-21(22(38)14-36)33-27(39)24-19(29)2-1-3-20(24)30/h1-5,10-11,13,21-22,26,32,34-35,38H,6-9,12,14H2,(H,33,39)/t21-,22+,26?/m0/s1. The second-order valence-electron chi connectivity index (χ2n) is 9.81. The van der Waals surface area contributed by atoms with Crippen LogP contribution in [-0.4, -0.2) is 72.2 Å². The summed E-state index contributed by atoms with van der Waals surface area (Å²) < 4.78 is 46.3. The number of carbonyl (C=O) groups is 1. The first-order valence-electron chi connectivity index (χ1n) is 13.0. The van der Waals surface area contributed by atoms with E-state index in [9.17, 15) is 23.1 Å². The van der Waals surface area contributed by atoms with Crippen LogP contribution in [0.2, 0.25) is 0 Å². The summed E-state index contributed by atoms with van der Waals surface area (Å²) in [6, 6.07) is 6.31. The van der Waals surface area contributed by atoms with Crippen LogP contribution in [0.25, 0.3) is 5.57 Å². The van der Waals surface area contributed by atoms with E-state index >= 15 is 0 Å². The molecule has 2 saturated heterocycles. The minimum Gasteiger partial charge on any atom is -0.489 e. The Morgan fingerprint density at radius 2 is 2.05 bits per heavy atom. The first kappa shape index (κ1) is 26.3. The molecule has 1 amide bonds. The average Bonchev–Trinajstić information content (AvgIpc) is 3.54. The van der Waals surface area contributed by atoms with Crippen LogP contribution >= 0.6 is 0 Å². The molecule has 4 aliphatic rings. The smallest absolute Gasteiger partial charge is 0.257 e. The van der Waals surface area contributed by atoms with Crippen LogP contribution in [-0.2, 0) is 4.74 Å². The number of halogens is 3. The van der Waals surface area contributed by atoms with Crippen molar-refractivity contribution in [3.63, 3.8) is 0 Å². The monoisotopic (exact) mass is 555 g/mol.